The average Bonchev–Trinajstić information content (AvgIpc) is 3.10. The van der Waals surface area contributed by atoms with Gasteiger partial charge in [-0.1, -0.05) is 57.9 Å². The van der Waals surface area contributed by atoms with Gasteiger partial charge in [-0.05, 0) is 137 Å². The fourth-order valence-electron chi connectivity index (χ4n) is 9.42. The average molecular weight is 485 g/mol. The molecule has 34 heavy (non-hydrogen) atoms. The SMILES string of the molecule is C/C=C(/CCC(C)C1CCC2C3=CCC4CC(O[Si](C)(C)C)CCC4(C)C3CCC21C)C(C)C. The molecule has 4 rings (SSSR count). The third kappa shape index (κ3) is 4.93. The van der Waals surface area contributed by atoms with Crippen LogP contribution >= 0.6 is 0 Å². The maximum Gasteiger partial charge on any atom is 0.184 e. The summed E-state index contributed by atoms with van der Waals surface area (Å²) in [6.45, 7) is 22.0. The van der Waals surface area contributed by atoms with Gasteiger partial charge in [0.25, 0.3) is 0 Å². The summed E-state index contributed by atoms with van der Waals surface area (Å²) in [6.07, 6.45) is 19.5. The lowest BCUT2D eigenvalue weighted by molar-refractivity contribution is -0.0383. The molecule has 8 unspecified atom stereocenters. The van der Waals surface area contributed by atoms with E-state index < -0.39 is 8.32 Å². The first-order valence-electron chi connectivity index (χ1n) is 14.9. The van der Waals surface area contributed by atoms with Crippen molar-refractivity contribution in [3.63, 3.8) is 0 Å². The Balaban J connectivity index is 1.47. The van der Waals surface area contributed by atoms with Crippen LogP contribution in [0.4, 0.5) is 0 Å². The molecule has 3 fully saturated rings. The maximum absolute atomic E-state index is 6.61. The maximum atomic E-state index is 6.61. The van der Waals surface area contributed by atoms with E-state index in [0.717, 1.165) is 29.6 Å². The van der Waals surface area contributed by atoms with Crippen molar-refractivity contribution >= 4 is 8.32 Å². The van der Waals surface area contributed by atoms with Crippen molar-refractivity contribution in [2.75, 3.05) is 0 Å². The van der Waals surface area contributed by atoms with Crippen LogP contribution in [0.1, 0.15) is 106 Å². The van der Waals surface area contributed by atoms with E-state index in [1.165, 1.54) is 64.2 Å². The van der Waals surface area contributed by atoms with Crippen molar-refractivity contribution in [3.05, 3.63) is 23.3 Å². The zero-order chi connectivity index (χ0) is 24.9. The fraction of sp³-hybridized carbons (Fsp3) is 0.875. The van der Waals surface area contributed by atoms with Gasteiger partial charge in [0.05, 0.1) is 0 Å². The highest BCUT2D eigenvalue weighted by atomic mass is 28.4. The van der Waals surface area contributed by atoms with E-state index in [1.807, 2.05) is 5.57 Å². The lowest BCUT2D eigenvalue weighted by Crippen LogP contribution is -2.50. The summed E-state index contributed by atoms with van der Waals surface area (Å²) in [5.41, 5.74) is 4.64. The molecule has 3 saturated carbocycles. The van der Waals surface area contributed by atoms with Crippen LogP contribution < -0.4 is 0 Å². The van der Waals surface area contributed by atoms with Gasteiger partial charge in [-0.15, -0.1) is 0 Å². The summed E-state index contributed by atoms with van der Waals surface area (Å²) in [6, 6.07) is 0. The van der Waals surface area contributed by atoms with E-state index in [9.17, 15) is 0 Å². The Kier molecular flexibility index (Phi) is 7.73. The van der Waals surface area contributed by atoms with Crippen molar-refractivity contribution in [3.8, 4) is 0 Å². The number of fused-ring (bicyclic) bond motifs is 5. The minimum atomic E-state index is -1.45. The van der Waals surface area contributed by atoms with Crippen molar-refractivity contribution in [2.45, 2.75) is 131 Å². The molecule has 0 aromatic carbocycles. The summed E-state index contributed by atoms with van der Waals surface area (Å²) < 4.78 is 6.61. The molecule has 0 N–H and O–H groups in total. The van der Waals surface area contributed by atoms with E-state index in [4.69, 9.17) is 4.43 Å². The highest BCUT2D eigenvalue weighted by Gasteiger charge is 2.58. The second-order valence-electron chi connectivity index (χ2n) is 14.6. The normalized spacial score (nSPS) is 41.5. The lowest BCUT2D eigenvalue weighted by atomic mass is 9.47. The second kappa shape index (κ2) is 9.84. The summed E-state index contributed by atoms with van der Waals surface area (Å²) >= 11 is 0. The molecule has 0 bridgehead atoms. The summed E-state index contributed by atoms with van der Waals surface area (Å²) in [5, 5.41) is 0. The predicted molar refractivity (Wildman–Crippen MR) is 150 cm³/mol. The van der Waals surface area contributed by atoms with Crippen LogP contribution in [0.5, 0.6) is 0 Å². The van der Waals surface area contributed by atoms with Gasteiger partial charge in [0.15, 0.2) is 8.32 Å². The summed E-state index contributed by atoms with van der Waals surface area (Å²) in [4.78, 5) is 0. The smallest absolute Gasteiger partial charge is 0.184 e. The third-order valence-corrected chi connectivity index (χ3v) is 12.4. The first-order valence-corrected chi connectivity index (χ1v) is 18.3. The van der Waals surface area contributed by atoms with Gasteiger partial charge in [-0.2, -0.15) is 0 Å². The van der Waals surface area contributed by atoms with Crippen LogP contribution in [0.15, 0.2) is 23.3 Å². The van der Waals surface area contributed by atoms with E-state index in [-0.39, 0.29) is 0 Å². The highest BCUT2D eigenvalue weighted by Crippen LogP contribution is 2.67. The third-order valence-electron chi connectivity index (χ3n) is 11.3. The first-order chi connectivity index (χ1) is 15.9. The molecular weight excluding hydrogens is 428 g/mol. The second-order valence-corrected chi connectivity index (χ2v) is 19.1. The van der Waals surface area contributed by atoms with Crippen LogP contribution in [-0.4, -0.2) is 14.4 Å². The van der Waals surface area contributed by atoms with Crippen molar-refractivity contribution < 1.29 is 4.43 Å². The molecule has 4 aliphatic rings. The molecule has 0 aromatic heterocycles. The largest absolute Gasteiger partial charge is 0.415 e. The Bertz CT molecular complexity index is 787. The highest BCUT2D eigenvalue weighted by molar-refractivity contribution is 6.69. The van der Waals surface area contributed by atoms with Crippen molar-refractivity contribution in [1.29, 1.82) is 0 Å². The molecule has 0 amide bonds. The minimum Gasteiger partial charge on any atom is -0.415 e. The van der Waals surface area contributed by atoms with Gasteiger partial charge < -0.3 is 4.43 Å². The molecule has 2 heteroatoms. The molecule has 1 nitrogen and oxygen atoms in total. The quantitative estimate of drug-likeness (QED) is 0.258. The number of hydrogen-bond donors (Lipinski definition) is 0. The Labute approximate surface area is 213 Å². The molecule has 8 atom stereocenters. The molecule has 0 heterocycles. The monoisotopic (exact) mass is 484 g/mol. The van der Waals surface area contributed by atoms with Crippen LogP contribution in [0.2, 0.25) is 19.6 Å². The van der Waals surface area contributed by atoms with Crippen LogP contribution in [0, 0.1) is 46.3 Å². The number of allylic oxidation sites excluding steroid dienone is 4. The first kappa shape index (κ1) is 26.7. The molecule has 0 aliphatic heterocycles. The van der Waals surface area contributed by atoms with E-state index in [1.54, 1.807) is 5.57 Å². The predicted octanol–water partition coefficient (Wildman–Crippen LogP) is 9.80. The molecule has 0 spiro atoms. The molecule has 194 valence electrons. The topological polar surface area (TPSA) is 9.23 Å². The zero-order valence-electron chi connectivity index (χ0n) is 24.2. The molecule has 0 saturated heterocycles. The van der Waals surface area contributed by atoms with Crippen molar-refractivity contribution in [2.24, 2.45) is 46.3 Å². The zero-order valence-corrected chi connectivity index (χ0v) is 25.2. The molecule has 4 aliphatic carbocycles. The Morgan fingerprint density at radius 3 is 2.35 bits per heavy atom. The lowest BCUT2D eigenvalue weighted by Gasteiger charge is -2.58. The summed E-state index contributed by atoms with van der Waals surface area (Å²) in [7, 11) is -1.45. The van der Waals surface area contributed by atoms with Crippen LogP contribution in [0.3, 0.4) is 0 Å². The van der Waals surface area contributed by atoms with Gasteiger partial charge in [0, 0.05) is 6.10 Å². The number of rotatable bonds is 7. The van der Waals surface area contributed by atoms with E-state index in [0.29, 0.717) is 22.9 Å². The Morgan fingerprint density at radius 1 is 1.03 bits per heavy atom. The Hall–Kier alpha value is -0.343. The van der Waals surface area contributed by atoms with Gasteiger partial charge in [0.2, 0.25) is 0 Å². The summed E-state index contributed by atoms with van der Waals surface area (Å²) in [5.74, 6) is 5.01. The Morgan fingerprint density at radius 2 is 1.71 bits per heavy atom. The molecule has 0 aromatic rings. The minimum absolute atomic E-state index is 0.520. The fourth-order valence-corrected chi connectivity index (χ4v) is 10.6. The molecule has 0 radical (unpaired) electrons. The van der Waals surface area contributed by atoms with Gasteiger partial charge >= 0.3 is 0 Å². The van der Waals surface area contributed by atoms with E-state index in [2.05, 4.69) is 73.3 Å². The van der Waals surface area contributed by atoms with Gasteiger partial charge in [-0.25, -0.2) is 0 Å². The number of hydrogen-bond acceptors (Lipinski definition) is 1. The van der Waals surface area contributed by atoms with Crippen LogP contribution in [0.25, 0.3) is 0 Å². The van der Waals surface area contributed by atoms with Gasteiger partial charge in [0.1, 0.15) is 0 Å². The standard InChI is InChI=1S/C32H56OSi/c1-10-24(22(2)3)12-11-23(4)28-15-16-29-27-14-13-25-21-26(33-34(7,8)9)17-19-31(25,5)30(27)18-20-32(28,29)6/h10,14,22-23,25-26,28-30H,11-13,15-21H2,1-9H3/b24-10-. The molecular formula is C32H56OSi. The van der Waals surface area contributed by atoms with Crippen LogP contribution in [-0.2, 0) is 4.43 Å². The van der Waals surface area contributed by atoms with Crippen molar-refractivity contribution in [1.82, 2.24) is 0 Å². The van der Waals surface area contributed by atoms with Gasteiger partial charge in [-0.3, -0.25) is 0 Å². The van der Waals surface area contributed by atoms with E-state index >= 15 is 0 Å².